The topological polar surface area (TPSA) is 75.2 Å². The Balaban J connectivity index is 1.40. The predicted molar refractivity (Wildman–Crippen MR) is 111 cm³/mol. The van der Waals surface area contributed by atoms with Crippen molar-refractivity contribution >= 4 is 0 Å². The van der Waals surface area contributed by atoms with Crippen LogP contribution < -0.4 is 4.74 Å². The molecule has 3 heterocycles. The van der Waals surface area contributed by atoms with E-state index in [2.05, 4.69) is 46.4 Å². The highest BCUT2D eigenvalue weighted by Crippen LogP contribution is 2.31. The summed E-state index contributed by atoms with van der Waals surface area (Å²) in [7, 11) is 0. The highest BCUT2D eigenvalue weighted by Gasteiger charge is 2.24. The third-order valence-corrected chi connectivity index (χ3v) is 5.16. The van der Waals surface area contributed by atoms with Gasteiger partial charge in [-0.2, -0.15) is 10.1 Å². The van der Waals surface area contributed by atoms with E-state index < -0.39 is 0 Å². The highest BCUT2D eigenvalue weighted by molar-refractivity contribution is 5.65. The smallest absolute Gasteiger partial charge is 0.278 e. The first-order valence-electron chi connectivity index (χ1n) is 10.0. The molecule has 7 nitrogen and oxygen atoms in total. The van der Waals surface area contributed by atoms with Crippen molar-refractivity contribution in [2.45, 2.75) is 33.1 Å². The number of benzene rings is 2. The summed E-state index contributed by atoms with van der Waals surface area (Å²) < 4.78 is 19.2. The maximum atomic E-state index is 6.05. The number of nitrogens with zero attached hydrogens (tertiary/aromatic N) is 4. The Morgan fingerprint density at radius 1 is 1.13 bits per heavy atom. The molecule has 0 radical (unpaired) electrons. The highest BCUT2D eigenvalue weighted by atomic mass is 16.5. The normalized spacial score (nSPS) is 15.7. The van der Waals surface area contributed by atoms with Gasteiger partial charge in [0, 0.05) is 0 Å². The van der Waals surface area contributed by atoms with Crippen molar-refractivity contribution in [3.05, 3.63) is 71.4 Å². The van der Waals surface area contributed by atoms with Crippen LogP contribution in [0.5, 0.6) is 5.75 Å². The molecule has 1 atom stereocenters. The Labute approximate surface area is 174 Å². The fraction of sp³-hybridized carbons (Fsp3) is 0.261. The van der Waals surface area contributed by atoms with Gasteiger partial charge in [0.25, 0.3) is 5.89 Å². The summed E-state index contributed by atoms with van der Waals surface area (Å²) >= 11 is 0. The molecule has 152 valence electrons. The zero-order valence-electron chi connectivity index (χ0n) is 16.9. The minimum Gasteiger partial charge on any atom is -0.493 e. The lowest BCUT2D eigenvalue weighted by Gasteiger charge is -2.24. The first-order chi connectivity index (χ1) is 14.7. The summed E-state index contributed by atoms with van der Waals surface area (Å²) in [4.78, 5) is 4.55. The second kappa shape index (κ2) is 7.76. The molecule has 0 N–H and O–H groups in total. The number of aromatic nitrogens is 4. The average Bonchev–Trinajstić information content (AvgIpc) is 3.41. The van der Waals surface area contributed by atoms with E-state index >= 15 is 0 Å². The molecule has 0 fully saturated rings. The third-order valence-electron chi connectivity index (χ3n) is 5.16. The number of para-hydroxylation sites is 1. The van der Waals surface area contributed by atoms with Crippen LogP contribution in [-0.4, -0.2) is 26.5 Å². The van der Waals surface area contributed by atoms with Crippen LogP contribution in [0.1, 0.15) is 29.8 Å². The van der Waals surface area contributed by atoms with Crippen LogP contribution in [-0.2, 0) is 17.9 Å². The summed E-state index contributed by atoms with van der Waals surface area (Å²) in [5, 5.41) is 8.83. The van der Waals surface area contributed by atoms with Crippen LogP contribution in [0, 0.1) is 6.92 Å². The summed E-state index contributed by atoms with van der Waals surface area (Å²) in [6.07, 6.45) is -0.0258. The van der Waals surface area contributed by atoms with E-state index in [-0.39, 0.29) is 6.10 Å². The van der Waals surface area contributed by atoms with Gasteiger partial charge in [-0.3, -0.25) is 4.68 Å². The summed E-state index contributed by atoms with van der Waals surface area (Å²) in [6.45, 7) is 5.72. The zero-order valence-corrected chi connectivity index (χ0v) is 16.9. The Morgan fingerprint density at radius 2 is 1.97 bits per heavy atom. The van der Waals surface area contributed by atoms with Gasteiger partial charge in [-0.1, -0.05) is 47.1 Å². The van der Waals surface area contributed by atoms with Crippen LogP contribution in [0.15, 0.2) is 59.1 Å². The quantitative estimate of drug-likeness (QED) is 0.486. The molecule has 4 aromatic rings. The lowest BCUT2D eigenvalue weighted by molar-refractivity contribution is -0.00113. The average molecular weight is 402 g/mol. The van der Waals surface area contributed by atoms with E-state index in [9.17, 15) is 0 Å². The molecule has 1 aliphatic heterocycles. The molecule has 7 heteroatoms. The van der Waals surface area contributed by atoms with Crippen molar-refractivity contribution in [2.75, 3.05) is 6.61 Å². The number of rotatable bonds is 5. The molecule has 5 rings (SSSR count). The van der Waals surface area contributed by atoms with E-state index in [0.29, 0.717) is 37.2 Å². The first kappa shape index (κ1) is 18.6. The first-order valence-corrected chi connectivity index (χ1v) is 10.0. The second-order valence-electron chi connectivity index (χ2n) is 7.27. The van der Waals surface area contributed by atoms with Gasteiger partial charge in [0.15, 0.2) is 5.69 Å². The molecule has 0 bridgehead atoms. The fourth-order valence-corrected chi connectivity index (χ4v) is 3.58. The second-order valence-corrected chi connectivity index (χ2v) is 7.27. The Bertz CT molecular complexity index is 1160. The Kier molecular flexibility index (Phi) is 4.80. The van der Waals surface area contributed by atoms with Crippen molar-refractivity contribution in [1.29, 1.82) is 0 Å². The molecule has 0 saturated carbocycles. The molecule has 0 unspecified atom stereocenters. The van der Waals surface area contributed by atoms with E-state index in [1.54, 1.807) is 0 Å². The largest absolute Gasteiger partial charge is 0.493 e. The van der Waals surface area contributed by atoms with Gasteiger partial charge < -0.3 is 14.0 Å². The van der Waals surface area contributed by atoms with E-state index in [0.717, 1.165) is 22.6 Å². The molecule has 30 heavy (non-hydrogen) atoms. The number of hydrogen-bond donors (Lipinski definition) is 0. The number of ether oxygens (including phenoxy) is 2. The zero-order chi connectivity index (χ0) is 20.5. The molecule has 0 amide bonds. The van der Waals surface area contributed by atoms with E-state index in [1.165, 1.54) is 5.56 Å². The minimum atomic E-state index is -0.0258. The maximum absolute atomic E-state index is 6.05. The van der Waals surface area contributed by atoms with Gasteiger partial charge in [-0.15, -0.1) is 0 Å². The van der Waals surface area contributed by atoms with Gasteiger partial charge in [0.05, 0.1) is 31.0 Å². The minimum absolute atomic E-state index is 0.0258. The molecule has 0 saturated heterocycles. The van der Waals surface area contributed by atoms with Crippen molar-refractivity contribution in [3.8, 4) is 28.7 Å². The van der Waals surface area contributed by atoms with Gasteiger partial charge in [0.1, 0.15) is 11.9 Å². The van der Waals surface area contributed by atoms with Crippen LogP contribution in [0.25, 0.3) is 23.0 Å². The molecule has 2 aromatic heterocycles. The van der Waals surface area contributed by atoms with Crippen molar-refractivity contribution < 1.29 is 14.0 Å². The molecule has 0 aliphatic carbocycles. The van der Waals surface area contributed by atoms with Crippen molar-refractivity contribution in [1.82, 2.24) is 19.9 Å². The predicted octanol–water partition coefficient (Wildman–Crippen LogP) is 4.58. The number of hydrogen-bond acceptors (Lipinski definition) is 6. The molecular weight excluding hydrogens is 380 g/mol. The van der Waals surface area contributed by atoms with E-state index in [4.69, 9.17) is 14.0 Å². The Hall–Kier alpha value is -3.45. The number of aryl methyl sites for hydroxylation is 1. The summed E-state index contributed by atoms with van der Waals surface area (Å²) in [6, 6.07) is 18.0. The van der Waals surface area contributed by atoms with E-state index in [1.807, 2.05) is 41.9 Å². The van der Waals surface area contributed by atoms with Gasteiger partial charge in [0.2, 0.25) is 5.82 Å². The molecule has 2 aromatic carbocycles. The maximum Gasteiger partial charge on any atom is 0.278 e. The van der Waals surface area contributed by atoms with Crippen molar-refractivity contribution in [3.63, 3.8) is 0 Å². The van der Waals surface area contributed by atoms with Gasteiger partial charge >= 0.3 is 0 Å². The van der Waals surface area contributed by atoms with Crippen LogP contribution in [0.2, 0.25) is 0 Å². The number of fused-ring (bicyclic) bond motifs is 1. The Morgan fingerprint density at radius 3 is 2.80 bits per heavy atom. The van der Waals surface area contributed by atoms with Gasteiger partial charge in [-0.05, 0) is 37.6 Å². The standard InChI is InChI=1S/C23H22N4O3/c1-3-28-20-7-5-4-6-18(20)22-24-23(30-26-22)19-12-17-14-29-21(13-27(17)25-19)16-10-8-15(2)9-11-16/h4-12,21H,3,13-14H2,1-2H3/t21-/m0/s1. The lowest BCUT2D eigenvalue weighted by atomic mass is 10.1. The van der Waals surface area contributed by atoms with Crippen molar-refractivity contribution in [2.24, 2.45) is 0 Å². The lowest BCUT2D eigenvalue weighted by Crippen LogP contribution is -2.21. The van der Waals surface area contributed by atoms with Crippen LogP contribution >= 0.6 is 0 Å². The fourth-order valence-electron chi connectivity index (χ4n) is 3.58. The monoisotopic (exact) mass is 402 g/mol. The van der Waals surface area contributed by atoms with Gasteiger partial charge in [-0.25, -0.2) is 0 Å². The molecule has 0 spiro atoms. The summed E-state index contributed by atoms with van der Waals surface area (Å²) in [5.41, 5.74) is 4.81. The third kappa shape index (κ3) is 3.48. The SMILES string of the molecule is CCOc1ccccc1-c1noc(-c2cc3n(n2)C[C@@H](c2ccc(C)cc2)OC3)n1. The summed E-state index contributed by atoms with van der Waals surface area (Å²) in [5.74, 6) is 1.59. The van der Waals surface area contributed by atoms with Crippen LogP contribution in [0.3, 0.4) is 0 Å². The van der Waals surface area contributed by atoms with Crippen LogP contribution in [0.4, 0.5) is 0 Å². The molecular formula is C23H22N4O3. The molecule has 1 aliphatic rings.